The number of aromatic nitrogens is 2. The van der Waals surface area contributed by atoms with Gasteiger partial charge in [-0.25, -0.2) is 4.79 Å². The van der Waals surface area contributed by atoms with E-state index in [0.29, 0.717) is 11.6 Å². The van der Waals surface area contributed by atoms with E-state index < -0.39 is 5.97 Å². The van der Waals surface area contributed by atoms with Gasteiger partial charge in [-0.2, -0.15) is 5.10 Å². The molecule has 1 aromatic rings. The lowest BCUT2D eigenvalue weighted by Crippen LogP contribution is -2.14. The molecule has 1 heterocycles. The van der Waals surface area contributed by atoms with E-state index in [1.54, 1.807) is 10.7 Å². The first-order chi connectivity index (χ1) is 7.63. The molecule has 88 valence electrons. The molecule has 0 saturated heterocycles. The van der Waals surface area contributed by atoms with E-state index in [2.05, 4.69) is 5.10 Å². The quantitative estimate of drug-likeness (QED) is 0.852. The lowest BCUT2D eigenvalue weighted by atomic mass is 9.83. The van der Waals surface area contributed by atoms with Crippen LogP contribution in [0.5, 0.6) is 0 Å². The summed E-state index contributed by atoms with van der Waals surface area (Å²) in [5.41, 5.74) is 1.29. The van der Waals surface area contributed by atoms with E-state index in [4.69, 9.17) is 5.11 Å². The zero-order valence-corrected chi connectivity index (χ0v) is 9.81. The largest absolute Gasteiger partial charge is 0.477 e. The van der Waals surface area contributed by atoms with Crippen LogP contribution in [-0.4, -0.2) is 20.9 Å². The molecule has 0 bridgehead atoms. The third kappa shape index (κ3) is 1.84. The smallest absolute Gasteiger partial charge is 0.354 e. The maximum atomic E-state index is 11.1. The van der Waals surface area contributed by atoms with Gasteiger partial charge in [0.05, 0.1) is 5.69 Å². The molecule has 0 aromatic carbocycles. The SMILES string of the molecule is CCC(C)n1nc(C2CCC2)cc1C(=O)O. The molecular formula is C12H18N2O2. The van der Waals surface area contributed by atoms with Crippen LogP contribution in [0.3, 0.4) is 0 Å². The van der Waals surface area contributed by atoms with Crippen molar-refractivity contribution in [2.45, 2.75) is 51.5 Å². The third-order valence-corrected chi connectivity index (χ3v) is 3.51. The molecule has 1 aromatic heterocycles. The summed E-state index contributed by atoms with van der Waals surface area (Å²) in [6.45, 7) is 4.05. The van der Waals surface area contributed by atoms with Crippen LogP contribution < -0.4 is 0 Å². The first-order valence-electron chi connectivity index (χ1n) is 5.96. The number of carboxylic acid groups (broad SMARTS) is 1. The van der Waals surface area contributed by atoms with E-state index in [1.165, 1.54) is 6.42 Å². The molecule has 0 spiro atoms. The molecule has 2 rings (SSSR count). The predicted octanol–water partition coefficient (Wildman–Crippen LogP) is 2.82. The van der Waals surface area contributed by atoms with Crippen molar-refractivity contribution in [2.24, 2.45) is 0 Å². The van der Waals surface area contributed by atoms with Gasteiger partial charge in [-0.05, 0) is 32.3 Å². The predicted molar refractivity (Wildman–Crippen MR) is 60.8 cm³/mol. The highest BCUT2D eigenvalue weighted by Crippen LogP contribution is 2.36. The van der Waals surface area contributed by atoms with Gasteiger partial charge in [-0.1, -0.05) is 13.3 Å². The fourth-order valence-electron chi connectivity index (χ4n) is 1.99. The summed E-state index contributed by atoms with van der Waals surface area (Å²) in [6, 6.07) is 1.90. The van der Waals surface area contributed by atoms with Gasteiger partial charge in [-0.3, -0.25) is 4.68 Å². The van der Waals surface area contributed by atoms with E-state index in [9.17, 15) is 4.79 Å². The number of carbonyl (C=O) groups is 1. The Balaban J connectivity index is 2.33. The monoisotopic (exact) mass is 222 g/mol. The van der Waals surface area contributed by atoms with Gasteiger partial charge < -0.3 is 5.11 Å². The standard InChI is InChI=1S/C12H18N2O2/c1-3-8(2)14-11(12(15)16)7-10(13-14)9-5-4-6-9/h7-9H,3-6H2,1-2H3,(H,15,16). The zero-order valence-electron chi connectivity index (χ0n) is 9.81. The van der Waals surface area contributed by atoms with Crippen molar-refractivity contribution in [1.82, 2.24) is 9.78 Å². The van der Waals surface area contributed by atoms with Crippen LogP contribution >= 0.6 is 0 Å². The summed E-state index contributed by atoms with van der Waals surface area (Å²) < 4.78 is 1.66. The second kappa shape index (κ2) is 4.28. The summed E-state index contributed by atoms with van der Waals surface area (Å²) in [7, 11) is 0. The molecule has 1 atom stereocenters. The van der Waals surface area contributed by atoms with Crippen molar-refractivity contribution in [3.63, 3.8) is 0 Å². The van der Waals surface area contributed by atoms with Crippen molar-refractivity contribution < 1.29 is 9.90 Å². The summed E-state index contributed by atoms with van der Waals surface area (Å²) in [4.78, 5) is 11.1. The summed E-state index contributed by atoms with van der Waals surface area (Å²) in [5, 5.41) is 13.6. The maximum Gasteiger partial charge on any atom is 0.354 e. The zero-order chi connectivity index (χ0) is 11.7. The lowest BCUT2D eigenvalue weighted by Gasteiger charge is -2.23. The Hall–Kier alpha value is -1.32. The van der Waals surface area contributed by atoms with Crippen molar-refractivity contribution in [1.29, 1.82) is 0 Å². The fraction of sp³-hybridized carbons (Fsp3) is 0.667. The van der Waals surface area contributed by atoms with Crippen molar-refractivity contribution in [2.75, 3.05) is 0 Å². The molecule has 1 N–H and O–H groups in total. The Morgan fingerprint density at radius 1 is 1.69 bits per heavy atom. The Labute approximate surface area is 95.3 Å². The van der Waals surface area contributed by atoms with Crippen LogP contribution in [0.15, 0.2) is 6.07 Å². The topological polar surface area (TPSA) is 55.1 Å². The van der Waals surface area contributed by atoms with Crippen LogP contribution in [0.25, 0.3) is 0 Å². The minimum Gasteiger partial charge on any atom is -0.477 e. The van der Waals surface area contributed by atoms with Crippen LogP contribution in [0.1, 0.15) is 67.7 Å². The molecule has 0 aliphatic heterocycles. The molecule has 1 saturated carbocycles. The van der Waals surface area contributed by atoms with Gasteiger partial charge in [-0.15, -0.1) is 0 Å². The molecule has 16 heavy (non-hydrogen) atoms. The molecule has 0 amide bonds. The molecular weight excluding hydrogens is 204 g/mol. The Kier molecular flexibility index (Phi) is 2.99. The number of hydrogen-bond acceptors (Lipinski definition) is 2. The second-order valence-electron chi connectivity index (χ2n) is 4.59. The number of carboxylic acids is 1. The van der Waals surface area contributed by atoms with Gasteiger partial charge in [0.1, 0.15) is 5.69 Å². The van der Waals surface area contributed by atoms with Crippen molar-refractivity contribution in [3.05, 3.63) is 17.5 Å². The summed E-state index contributed by atoms with van der Waals surface area (Å²) in [5.74, 6) is -0.387. The first-order valence-corrected chi connectivity index (χ1v) is 5.96. The Morgan fingerprint density at radius 2 is 2.38 bits per heavy atom. The van der Waals surface area contributed by atoms with Crippen LogP contribution in [0, 0.1) is 0 Å². The van der Waals surface area contributed by atoms with E-state index in [1.807, 2.05) is 13.8 Å². The van der Waals surface area contributed by atoms with Crippen LogP contribution in [0.2, 0.25) is 0 Å². The lowest BCUT2D eigenvalue weighted by molar-refractivity contribution is 0.0680. The second-order valence-corrected chi connectivity index (χ2v) is 4.59. The van der Waals surface area contributed by atoms with Gasteiger partial charge in [0.25, 0.3) is 0 Å². The molecule has 0 radical (unpaired) electrons. The molecule has 1 aliphatic carbocycles. The molecule has 1 fully saturated rings. The fourth-order valence-corrected chi connectivity index (χ4v) is 1.99. The molecule has 4 heteroatoms. The molecule has 1 aliphatic rings. The number of aromatic carboxylic acids is 1. The summed E-state index contributed by atoms with van der Waals surface area (Å²) in [6.07, 6.45) is 4.43. The number of nitrogens with zero attached hydrogens (tertiary/aromatic N) is 2. The average molecular weight is 222 g/mol. The third-order valence-electron chi connectivity index (χ3n) is 3.51. The average Bonchev–Trinajstić information content (AvgIpc) is 2.58. The highest BCUT2D eigenvalue weighted by molar-refractivity contribution is 5.85. The minimum atomic E-state index is -0.877. The van der Waals surface area contributed by atoms with E-state index in [-0.39, 0.29) is 6.04 Å². The van der Waals surface area contributed by atoms with E-state index in [0.717, 1.165) is 25.0 Å². The molecule has 4 nitrogen and oxygen atoms in total. The van der Waals surface area contributed by atoms with Crippen LogP contribution in [0.4, 0.5) is 0 Å². The van der Waals surface area contributed by atoms with Gasteiger partial charge in [0.15, 0.2) is 0 Å². The maximum absolute atomic E-state index is 11.1. The van der Waals surface area contributed by atoms with Gasteiger partial charge in [0, 0.05) is 12.0 Å². The molecule has 1 unspecified atom stereocenters. The highest BCUT2D eigenvalue weighted by Gasteiger charge is 2.26. The van der Waals surface area contributed by atoms with Crippen LogP contribution in [-0.2, 0) is 0 Å². The number of rotatable bonds is 4. The summed E-state index contributed by atoms with van der Waals surface area (Å²) >= 11 is 0. The van der Waals surface area contributed by atoms with Gasteiger partial charge in [0.2, 0.25) is 0 Å². The Bertz CT molecular complexity index is 394. The normalized spacial score (nSPS) is 18.1. The minimum absolute atomic E-state index is 0.153. The Morgan fingerprint density at radius 3 is 2.81 bits per heavy atom. The van der Waals surface area contributed by atoms with E-state index >= 15 is 0 Å². The van der Waals surface area contributed by atoms with Gasteiger partial charge >= 0.3 is 5.97 Å². The number of hydrogen-bond donors (Lipinski definition) is 1. The highest BCUT2D eigenvalue weighted by atomic mass is 16.4. The van der Waals surface area contributed by atoms with Crippen molar-refractivity contribution in [3.8, 4) is 0 Å². The van der Waals surface area contributed by atoms with Crippen molar-refractivity contribution >= 4 is 5.97 Å². The first kappa shape index (κ1) is 11.2.